The lowest BCUT2D eigenvalue weighted by molar-refractivity contribution is -0.779. The van der Waals surface area contributed by atoms with E-state index in [1.807, 2.05) is 0 Å². The third-order valence-electron chi connectivity index (χ3n) is 2.69. The summed E-state index contributed by atoms with van der Waals surface area (Å²) in [5, 5.41) is 28.2. The molecule has 1 aliphatic heterocycles. The molecule has 0 unspecified atom stereocenters. The van der Waals surface area contributed by atoms with Crippen LogP contribution in [-0.4, -0.2) is 45.2 Å². The first kappa shape index (κ1) is 12.0. The summed E-state index contributed by atoms with van der Waals surface area (Å²) in [5.74, 6) is 0.179. The Hall–Kier alpha value is -1.48. The summed E-state index contributed by atoms with van der Waals surface area (Å²) < 4.78 is 6.26. The molecule has 8 heteroatoms. The zero-order chi connectivity index (χ0) is 12.6. The standard InChI is InChI=1S/C9H13N3O5/c10-5-1-2-12(9(16)11-5)8-7(15)6(14)4(3-13)17-8/h1-2,4,6-8,13-15H,3H2,(H2,10,11,16)/q+1/p+1/t4-,6-,7-,8-/m1/s1. The number of nitrogens with one attached hydrogen (secondary N) is 1. The van der Waals surface area contributed by atoms with Crippen LogP contribution in [0.1, 0.15) is 6.23 Å². The Labute approximate surface area is 95.9 Å². The predicted molar refractivity (Wildman–Crippen MR) is 54.7 cm³/mol. The van der Waals surface area contributed by atoms with Crippen molar-refractivity contribution in [2.24, 2.45) is 0 Å². The minimum Gasteiger partial charge on any atom is -0.388 e. The van der Waals surface area contributed by atoms with Crippen LogP contribution < -0.4 is 16.0 Å². The van der Waals surface area contributed by atoms with Gasteiger partial charge in [0.15, 0.2) is 11.9 Å². The molecule has 1 radical (unpaired) electrons. The highest BCUT2D eigenvalue weighted by molar-refractivity contribution is 5.21. The lowest BCUT2D eigenvalue weighted by atomic mass is 10.1. The van der Waals surface area contributed by atoms with Gasteiger partial charge in [-0.25, -0.2) is 0 Å². The number of H-pyrrole nitrogens is 1. The number of aliphatic hydroxyl groups is 3. The molecule has 2 heterocycles. The Bertz CT molecular complexity index is 462. The summed E-state index contributed by atoms with van der Waals surface area (Å²) in [5.41, 5.74) is 4.81. The van der Waals surface area contributed by atoms with Crippen molar-refractivity contribution < 1.29 is 24.6 Å². The molecule has 1 aromatic heterocycles. The van der Waals surface area contributed by atoms with Crippen LogP contribution in [0, 0.1) is 0 Å². The Morgan fingerprint density at radius 1 is 1.47 bits per heavy atom. The van der Waals surface area contributed by atoms with E-state index < -0.39 is 36.8 Å². The minimum atomic E-state index is -1.29. The lowest BCUT2D eigenvalue weighted by Gasteiger charge is -2.04. The van der Waals surface area contributed by atoms with Crippen molar-refractivity contribution in [2.75, 3.05) is 12.3 Å². The SMILES string of the molecule is Nc1cc[n+]([C@@H]2[O+][C@H](CO)[C@@H](O)[C@H]2O)c(=O)[nH]1. The monoisotopic (exact) mass is 244 g/mol. The Kier molecular flexibility index (Phi) is 3.11. The van der Waals surface area contributed by atoms with E-state index in [-0.39, 0.29) is 5.82 Å². The highest BCUT2D eigenvalue weighted by Crippen LogP contribution is 2.24. The third-order valence-corrected chi connectivity index (χ3v) is 2.69. The molecule has 1 aromatic rings. The van der Waals surface area contributed by atoms with Gasteiger partial charge in [-0.2, -0.15) is 9.78 Å². The number of nitrogens with two attached hydrogens (primary N) is 1. The number of aromatic nitrogens is 2. The molecule has 0 bridgehead atoms. The van der Waals surface area contributed by atoms with Crippen molar-refractivity contribution in [1.82, 2.24) is 4.98 Å². The van der Waals surface area contributed by atoms with Crippen molar-refractivity contribution >= 4 is 5.82 Å². The number of rotatable bonds is 2. The molecule has 2 rings (SSSR count). The van der Waals surface area contributed by atoms with Gasteiger partial charge < -0.3 is 21.1 Å². The Balaban J connectivity index is 2.32. The van der Waals surface area contributed by atoms with Gasteiger partial charge >= 0.3 is 11.9 Å². The molecule has 0 spiro atoms. The lowest BCUT2D eigenvalue weighted by Crippen LogP contribution is -2.58. The molecule has 6 N–H and O–H groups in total. The van der Waals surface area contributed by atoms with Crippen LogP contribution >= 0.6 is 0 Å². The number of hydrogen-bond donors (Lipinski definition) is 5. The number of hydrogen-bond acceptors (Lipinski definition) is 6. The molecule has 1 fully saturated rings. The average Bonchev–Trinajstić information content (AvgIpc) is 2.57. The van der Waals surface area contributed by atoms with Crippen LogP contribution in [0.4, 0.5) is 5.82 Å². The van der Waals surface area contributed by atoms with Gasteiger partial charge in [0.25, 0.3) is 6.10 Å². The quantitative estimate of drug-likeness (QED) is 0.275. The molecule has 93 valence electrons. The number of ether oxygens (including phenoxy) is 1. The number of aromatic amines is 1. The van der Waals surface area contributed by atoms with Gasteiger partial charge in [0.1, 0.15) is 12.8 Å². The first-order valence-corrected chi connectivity index (χ1v) is 5.07. The molecular formula is C9H14N3O5+2. The molecule has 1 aliphatic rings. The predicted octanol–water partition coefficient (Wildman–Crippen LogP) is -3.14. The highest BCUT2D eigenvalue weighted by Gasteiger charge is 2.57. The van der Waals surface area contributed by atoms with E-state index in [9.17, 15) is 15.0 Å². The summed E-state index contributed by atoms with van der Waals surface area (Å²) in [7, 11) is 0. The zero-order valence-corrected chi connectivity index (χ0v) is 8.85. The Morgan fingerprint density at radius 3 is 2.71 bits per heavy atom. The van der Waals surface area contributed by atoms with E-state index in [0.29, 0.717) is 0 Å². The van der Waals surface area contributed by atoms with Gasteiger partial charge in [-0.1, -0.05) is 4.74 Å². The topological polar surface area (TPSA) is 135 Å². The smallest absolute Gasteiger partial charge is 0.388 e. The average molecular weight is 244 g/mol. The van der Waals surface area contributed by atoms with E-state index >= 15 is 0 Å². The second kappa shape index (κ2) is 4.41. The van der Waals surface area contributed by atoms with Gasteiger partial charge in [0.2, 0.25) is 6.10 Å². The van der Waals surface area contributed by atoms with E-state index in [4.69, 9.17) is 15.6 Å². The van der Waals surface area contributed by atoms with Crippen molar-refractivity contribution in [2.45, 2.75) is 24.5 Å². The number of anilines is 1. The molecule has 17 heavy (non-hydrogen) atoms. The van der Waals surface area contributed by atoms with Crippen LogP contribution in [0.5, 0.6) is 0 Å². The fourth-order valence-electron chi connectivity index (χ4n) is 1.77. The molecule has 1 saturated heterocycles. The fraction of sp³-hybridized carbons (Fsp3) is 0.556. The van der Waals surface area contributed by atoms with Crippen LogP contribution in [0.2, 0.25) is 0 Å². The van der Waals surface area contributed by atoms with Crippen molar-refractivity contribution in [3.05, 3.63) is 22.7 Å². The fourth-order valence-corrected chi connectivity index (χ4v) is 1.77. The number of aliphatic hydroxyl groups excluding tert-OH is 3. The van der Waals surface area contributed by atoms with Crippen LogP contribution in [0.3, 0.4) is 0 Å². The Morgan fingerprint density at radius 2 is 2.18 bits per heavy atom. The van der Waals surface area contributed by atoms with Gasteiger partial charge in [-0.15, -0.1) is 4.57 Å². The first-order chi connectivity index (χ1) is 8.04. The van der Waals surface area contributed by atoms with Gasteiger partial charge in [0, 0.05) is 6.07 Å². The van der Waals surface area contributed by atoms with Gasteiger partial charge in [0.05, 0.1) is 0 Å². The molecular weight excluding hydrogens is 230 g/mol. The maximum atomic E-state index is 11.6. The summed E-state index contributed by atoms with van der Waals surface area (Å²) in [6, 6.07) is 1.43. The van der Waals surface area contributed by atoms with E-state index in [1.165, 1.54) is 12.3 Å². The zero-order valence-electron chi connectivity index (χ0n) is 8.85. The number of nitrogen functional groups attached to an aromatic ring is 1. The van der Waals surface area contributed by atoms with E-state index in [1.54, 1.807) is 0 Å². The highest BCUT2D eigenvalue weighted by atomic mass is 16.6. The van der Waals surface area contributed by atoms with Crippen LogP contribution in [-0.2, 0) is 4.74 Å². The summed E-state index contributed by atoms with van der Waals surface area (Å²) in [6.07, 6.45) is -3.16. The summed E-state index contributed by atoms with van der Waals surface area (Å²) in [4.78, 5) is 13.9. The molecule has 0 aromatic carbocycles. The molecule has 8 nitrogen and oxygen atoms in total. The molecule has 0 amide bonds. The van der Waals surface area contributed by atoms with Crippen molar-refractivity contribution in [1.29, 1.82) is 0 Å². The molecule has 4 atom stereocenters. The normalized spacial score (nSPS) is 32.9. The third kappa shape index (κ3) is 2.03. The van der Waals surface area contributed by atoms with Gasteiger partial charge in [-0.3, -0.25) is 0 Å². The summed E-state index contributed by atoms with van der Waals surface area (Å²) >= 11 is 0. The second-order valence-corrected chi connectivity index (χ2v) is 3.84. The van der Waals surface area contributed by atoms with Crippen LogP contribution in [0.25, 0.3) is 0 Å². The maximum Gasteiger partial charge on any atom is 0.504 e. The molecule has 0 aliphatic carbocycles. The van der Waals surface area contributed by atoms with E-state index in [0.717, 1.165) is 4.57 Å². The largest absolute Gasteiger partial charge is 0.504 e. The number of nitrogens with zero attached hydrogens (tertiary/aromatic N) is 1. The molecule has 0 saturated carbocycles. The maximum absolute atomic E-state index is 11.6. The second-order valence-electron chi connectivity index (χ2n) is 3.84. The van der Waals surface area contributed by atoms with E-state index in [2.05, 4.69) is 4.98 Å². The summed E-state index contributed by atoms with van der Waals surface area (Å²) in [6.45, 7) is -0.442. The van der Waals surface area contributed by atoms with Crippen molar-refractivity contribution in [3.63, 3.8) is 0 Å². The van der Waals surface area contributed by atoms with Crippen LogP contribution in [0.15, 0.2) is 17.1 Å². The van der Waals surface area contributed by atoms with Crippen molar-refractivity contribution in [3.8, 4) is 0 Å². The minimum absolute atomic E-state index is 0.179. The first-order valence-electron chi connectivity index (χ1n) is 5.07. The van der Waals surface area contributed by atoms with Gasteiger partial charge in [-0.05, 0) is 0 Å².